The summed E-state index contributed by atoms with van der Waals surface area (Å²) < 4.78 is 1.83. The minimum atomic E-state index is 0. The maximum absolute atomic E-state index is 5.85. The van der Waals surface area contributed by atoms with Crippen molar-refractivity contribution in [3.05, 3.63) is 42.1 Å². The quantitative estimate of drug-likeness (QED) is 0.893. The molecule has 0 bridgehead atoms. The highest BCUT2D eigenvalue weighted by molar-refractivity contribution is 5.85. The van der Waals surface area contributed by atoms with Crippen LogP contribution in [0.15, 0.2) is 36.5 Å². The Morgan fingerprint density at radius 1 is 1.21 bits per heavy atom. The molecular weight excluding hydrogens is 283 g/mol. The molecule has 0 spiro atoms. The average molecular weight is 303 g/mol. The number of nitrogens with two attached hydrogens (primary N) is 1. The van der Waals surface area contributed by atoms with Gasteiger partial charge in [0.1, 0.15) is 0 Å². The highest BCUT2D eigenvalue weighted by Gasteiger charge is 2.03. The first-order chi connectivity index (χ1) is 8.29. The zero-order valence-electron chi connectivity index (χ0n) is 10.9. The second kappa shape index (κ2) is 8.67. The first-order valence-electron chi connectivity index (χ1n) is 5.90. The number of benzene rings is 1. The van der Waals surface area contributed by atoms with Gasteiger partial charge in [0.05, 0.1) is 11.9 Å². The molecule has 1 heterocycles. The molecule has 0 saturated heterocycles. The Hall–Kier alpha value is -1.39. The lowest BCUT2D eigenvalue weighted by Gasteiger charge is -2.04. The molecule has 0 aliphatic heterocycles. The molecule has 0 aliphatic carbocycles. The van der Waals surface area contributed by atoms with Crippen LogP contribution in [-0.2, 0) is 13.0 Å². The van der Waals surface area contributed by atoms with E-state index in [0.29, 0.717) is 5.69 Å². The van der Waals surface area contributed by atoms with Crippen molar-refractivity contribution in [1.29, 1.82) is 0 Å². The predicted octanol–water partition coefficient (Wildman–Crippen LogP) is 2.98. The normalized spacial score (nSPS) is 9.32. The second-order valence-electron chi connectivity index (χ2n) is 3.95. The zero-order valence-corrected chi connectivity index (χ0v) is 12.5. The fraction of sp³-hybridized carbons (Fsp3) is 0.308. The molecule has 0 fully saturated rings. The Balaban J connectivity index is 0.00000162. The van der Waals surface area contributed by atoms with Crippen LogP contribution in [0.2, 0.25) is 0 Å². The van der Waals surface area contributed by atoms with E-state index in [2.05, 4.69) is 34.7 Å². The number of halogens is 2. The third kappa shape index (κ3) is 5.01. The maximum atomic E-state index is 5.85. The summed E-state index contributed by atoms with van der Waals surface area (Å²) in [5.41, 5.74) is 7.87. The molecule has 0 unspecified atom stereocenters. The Morgan fingerprint density at radius 3 is 2.47 bits per heavy atom. The zero-order chi connectivity index (χ0) is 12.1. The molecule has 1 aromatic carbocycles. The van der Waals surface area contributed by atoms with Gasteiger partial charge in [-0.25, -0.2) is 0 Å². The van der Waals surface area contributed by atoms with E-state index in [9.17, 15) is 0 Å². The number of nitrogen functional groups attached to an aromatic ring is 1. The lowest BCUT2D eigenvalue weighted by molar-refractivity contribution is 0.661. The van der Waals surface area contributed by atoms with Gasteiger partial charge in [0.15, 0.2) is 5.82 Å². The summed E-state index contributed by atoms with van der Waals surface area (Å²) in [7, 11) is 0. The molecule has 0 atom stereocenters. The van der Waals surface area contributed by atoms with Crippen LogP contribution in [0.25, 0.3) is 0 Å². The van der Waals surface area contributed by atoms with Gasteiger partial charge in [0, 0.05) is 13.1 Å². The molecule has 0 saturated carbocycles. The molecule has 0 amide bonds. The smallest absolute Gasteiger partial charge is 0.171 e. The number of anilines is 2. The molecule has 2 aromatic rings. The van der Waals surface area contributed by atoms with Crippen molar-refractivity contribution in [2.45, 2.75) is 19.9 Å². The van der Waals surface area contributed by atoms with Gasteiger partial charge in [-0.1, -0.05) is 30.3 Å². The van der Waals surface area contributed by atoms with Crippen molar-refractivity contribution in [2.24, 2.45) is 0 Å². The number of hydrogen-bond donors (Lipinski definition) is 2. The van der Waals surface area contributed by atoms with Crippen molar-refractivity contribution in [2.75, 3.05) is 17.6 Å². The van der Waals surface area contributed by atoms with E-state index in [1.165, 1.54) is 5.56 Å². The van der Waals surface area contributed by atoms with Crippen LogP contribution in [0.4, 0.5) is 11.5 Å². The molecule has 19 heavy (non-hydrogen) atoms. The number of aromatic nitrogens is 2. The first kappa shape index (κ1) is 17.6. The van der Waals surface area contributed by atoms with E-state index in [0.717, 1.165) is 25.3 Å². The fourth-order valence-corrected chi connectivity index (χ4v) is 1.71. The number of aryl methyl sites for hydroxylation is 1. The molecule has 3 N–H and O–H groups in total. The largest absolute Gasteiger partial charge is 0.394 e. The first-order valence-corrected chi connectivity index (χ1v) is 5.90. The second-order valence-corrected chi connectivity index (χ2v) is 3.95. The highest BCUT2D eigenvalue weighted by atomic mass is 35.5. The van der Waals surface area contributed by atoms with Gasteiger partial charge in [0.25, 0.3) is 0 Å². The summed E-state index contributed by atoms with van der Waals surface area (Å²) in [6, 6.07) is 10.4. The molecular formula is C13H20Cl2N4. The standard InChI is InChI=1S/C13H18N4.2ClH/c1-2-17-10-12(14)13(16-17)15-9-8-11-6-4-3-5-7-11;;/h3-7,10H,2,8-9,14H2,1H3,(H,15,16);2*1H. The Kier molecular flexibility index (Phi) is 8.03. The number of rotatable bonds is 5. The minimum absolute atomic E-state index is 0. The predicted molar refractivity (Wildman–Crippen MR) is 85.4 cm³/mol. The summed E-state index contributed by atoms with van der Waals surface area (Å²) in [5, 5.41) is 7.60. The van der Waals surface area contributed by atoms with Gasteiger partial charge in [0.2, 0.25) is 0 Å². The van der Waals surface area contributed by atoms with Crippen LogP contribution < -0.4 is 11.1 Å². The van der Waals surface area contributed by atoms with Gasteiger partial charge in [-0.05, 0) is 18.9 Å². The van der Waals surface area contributed by atoms with Crippen molar-refractivity contribution >= 4 is 36.3 Å². The van der Waals surface area contributed by atoms with Crippen molar-refractivity contribution < 1.29 is 0 Å². The lowest BCUT2D eigenvalue weighted by Crippen LogP contribution is -2.07. The summed E-state index contributed by atoms with van der Waals surface area (Å²) >= 11 is 0. The number of nitrogens with one attached hydrogen (secondary N) is 1. The minimum Gasteiger partial charge on any atom is -0.394 e. The van der Waals surface area contributed by atoms with E-state index in [4.69, 9.17) is 5.73 Å². The topological polar surface area (TPSA) is 55.9 Å². The third-order valence-electron chi connectivity index (χ3n) is 2.66. The lowest BCUT2D eigenvalue weighted by atomic mass is 10.1. The Morgan fingerprint density at radius 2 is 1.89 bits per heavy atom. The van der Waals surface area contributed by atoms with Crippen molar-refractivity contribution in [3.63, 3.8) is 0 Å². The molecule has 6 heteroatoms. The van der Waals surface area contributed by atoms with Crippen LogP contribution in [0.5, 0.6) is 0 Å². The third-order valence-corrected chi connectivity index (χ3v) is 2.66. The van der Waals surface area contributed by atoms with E-state index in [-0.39, 0.29) is 24.8 Å². The van der Waals surface area contributed by atoms with Crippen molar-refractivity contribution in [3.8, 4) is 0 Å². The number of nitrogens with zero attached hydrogens (tertiary/aromatic N) is 2. The highest BCUT2D eigenvalue weighted by Crippen LogP contribution is 2.14. The van der Waals surface area contributed by atoms with Gasteiger partial charge >= 0.3 is 0 Å². The molecule has 4 nitrogen and oxygen atoms in total. The maximum Gasteiger partial charge on any atom is 0.171 e. The Bertz CT molecular complexity index is 471. The van der Waals surface area contributed by atoms with Gasteiger partial charge in [-0.15, -0.1) is 24.8 Å². The van der Waals surface area contributed by atoms with Crippen LogP contribution in [0.3, 0.4) is 0 Å². The van der Waals surface area contributed by atoms with E-state index >= 15 is 0 Å². The summed E-state index contributed by atoms with van der Waals surface area (Å²) in [6.45, 7) is 3.72. The van der Waals surface area contributed by atoms with Crippen LogP contribution in [-0.4, -0.2) is 16.3 Å². The molecule has 2 rings (SSSR count). The fourth-order valence-electron chi connectivity index (χ4n) is 1.71. The SMILES string of the molecule is CCn1cc(N)c(NCCc2ccccc2)n1.Cl.Cl. The van der Waals surface area contributed by atoms with E-state index in [1.54, 1.807) is 0 Å². The van der Waals surface area contributed by atoms with Crippen LogP contribution in [0.1, 0.15) is 12.5 Å². The van der Waals surface area contributed by atoms with Crippen LogP contribution in [0, 0.1) is 0 Å². The monoisotopic (exact) mass is 302 g/mol. The van der Waals surface area contributed by atoms with Gasteiger partial charge in [-0.2, -0.15) is 5.10 Å². The molecule has 0 aliphatic rings. The summed E-state index contributed by atoms with van der Waals surface area (Å²) in [4.78, 5) is 0. The van der Waals surface area contributed by atoms with Gasteiger partial charge < -0.3 is 11.1 Å². The van der Waals surface area contributed by atoms with Crippen molar-refractivity contribution in [1.82, 2.24) is 9.78 Å². The average Bonchev–Trinajstić information content (AvgIpc) is 2.72. The summed E-state index contributed by atoms with van der Waals surface area (Å²) in [6.07, 6.45) is 2.82. The molecule has 1 aromatic heterocycles. The van der Waals surface area contributed by atoms with E-state index < -0.39 is 0 Å². The summed E-state index contributed by atoms with van der Waals surface area (Å²) in [5.74, 6) is 0.780. The molecule has 0 radical (unpaired) electrons. The van der Waals surface area contributed by atoms with Gasteiger partial charge in [-0.3, -0.25) is 4.68 Å². The Labute approximate surface area is 126 Å². The molecule has 106 valence electrons. The number of hydrogen-bond acceptors (Lipinski definition) is 3. The van der Waals surface area contributed by atoms with E-state index in [1.807, 2.05) is 23.9 Å². The van der Waals surface area contributed by atoms with Crippen LogP contribution >= 0.6 is 24.8 Å².